The van der Waals surface area contributed by atoms with E-state index >= 15 is 0 Å². The van der Waals surface area contributed by atoms with Crippen molar-refractivity contribution in [3.63, 3.8) is 0 Å². The number of nitrogens with one attached hydrogen (secondary N) is 1. The average molecular weight is 287 g/mol. The van der Waals surface area contributed by atoms with Gasteiger partial charge in [0.25, 0.3) is 5.79 Å². The molecule has 1 aromatic carbocycles. The second-order valence-corrected chi connectivity index (χ2v) is 5.36. The summed E-state index contributed by atoms with van der Waals surface area (Å²) in [6.45, 7) is 4.90. The van der Waals surface area contributed by atoms with Crippen molar-refractivity contribution in [3.05, 3.63) is 36.2 Å². The molecule has 21 heavy (non-hydrogen) atoms. The van der Waals surface area contributed by atoms with Crippen LogP contribution < -0.4 is 14.8 Å². The van der Waals surface area contributed by atoms with Crippen molar-refractivity contribution < 1.29 is 9.47 Å². The van der Waals surface area contributed by atoms with Gasteiger partial charge < -0.3 is 14.8 Å². The molecule has 0 aliphatic carbocycles. The average Bonchev–Trinajstić information content (AvgIpc) is 3.08. The zero-order chi connectivity index (χ0) is 14.9. The molecule has 1 aliphatic rings. The zero-order valence-electron chi connectivity index (χ0n) is 12.7. The lowest BCUT2D eigenvalue weighted by Gasteiger charge is -2.24. The Morgan fingerprint density at radius 3 is 2.62 bits per heavy atom. The summed E-state index contributed by atoms with van der Waals surface area (Å²) in [4.78, 5) is 0. The Morgan fingerprint density at radius 2 is 1.95 bits per heavy atom. The summed E-state index contributed by atoms with van der Waals surface area (Å²) < 4.78 is 13.8. The predicted octanol–water partition coefficient (Wildman–Crippen LogP) is 3.32. The van der Waals surface area contributed by atoms with Crippen LogP contribution in [-0.4, -0.2) is 15.6 Å². The number of benzene rings is 1. The van der Waals surface area contributed by atoms with Gasteiger partial charge in [0, 0.05) is 49.9 Å². The maximum atomic E-state index is 6.01. The molecule has 0 radical (unpaired) electrons. The van der Waals surface area contributed by atoms with Crippen LogP contribution >= 0.6 is 0 Å². The Bertz CT molecular complexity index is 632. The lowest BCUT2D eigenvalue weighted by atomic mass is 10.1. The lowest BCUT2D eigenvalue weighted by molar-refractivity contribution is -0.0843. The van der Waals surface area contributed by atoms with Gasteiger partial charge in [0.15, 0.2) is 11.5 Å². The summed E-state index contributed by atoms with van der Waals surface area (Å²) in [5.74, 6) is 1.14. The van der Waals surface area contributed by atoms with E-state index in [9.17, 15) is 0 Å². The molecule has 5 nitrogen and oxygen atoms in total. The second kappa shape index (κ2) is 5.31. The van der Waals surface area contributed by atoms with Crippen molar-refractivity contribution in [2.24, 2.45) is 7.05 Å². The smallest absolute Gasteiger partial charge is 0.251 e. The number of nitrogens with zero attached hydrogens (tertiary/aromatic N) is 2. The largest absolute Gasteiger partial charge is 0.448 e. The van der Waals surface area contributed by atoms with Gasteiger partial charge in [-0.05, 0) is 12.1 Å². The Hall–Kier alpha value is -2.17. The molecular formula is C16H21N3O2. The molecule has 0 amide bonds. The fourth-order valence-corrected chi connectivity index (χ4v) is 2.51. The van der Waals surface area contributed by atoms with E-state index in [0.717, 1.165) is 42.1 Å². The number of anilines is 1. The Labute approximate surface area is 124 Å². The van der Waals surface area contributed by atoms with Crippen LogP contribution in [0.4, 0.5) is 5.69 Å². The van der Waals surface area contributed by atoms with Crippen LogP contribution in [0.5, 0.6) is 11.5 Å². The molecule has 5 heteroatoms. The summed E-state index contributed by atoms with van der Waals surface area (Å²) in [5.41, 5.74) is 2.16. The number of ether oxygens (including phenoxy) is 2. The van der Waals surface area contributed by atoms with Gasteiger partial charge in [0.2, 0.25) is 0 Å². The molecule has 0 fully saturated rings. The SMILES string of the molecule is CCC1(CC)Oc2ccc(NCc3cnn(C)c3)cc2O1. The Morgan fingerprint density at radius 1 is 1.19 bits per heavy atom. The van der Waals surface area contributed by atoms with Crippen LogP contribution in [0.1, 0.15) is 32.3 Å². The maximum Gasteiger partial charge on any atom is 0.251 e. The quantitative estimate of drug-likeness (QED) is 0.916. The lowest BCUT2D eigenvalue weighted by Crippen LogP contribution is -2.36. The highest BCUT2D eigenvalue weighted by Crippen LogP contribution is 2.43. The molecule has 0 saturated heterocycles. The third kappa shape index (κ3) is 2.68. The molecule has 2 heterocycles. The molecule has 2 aromatic rings. The van der Waals surface area contributed by atoms with Crippen molar-refractivity contribution in [2.75, 3.05) is 5.32 Å². The van der Waals surface area contributed by atoms with Crippen LogP contribution in [0.2, 0.25) is 0 Å². The van der Waals surface area contributed by atoms with Gasteiger partial charge in [-0.2, -0.15) is 5.10 Å². The van der Waals surface area contributed by atoms with Gasteiger partial charge in [0.05, 0.1) is 6.20 Å². The van der Waals surface area contributed by atoms with Gasteiger partial charge in [-0.1, -0.05) is 13.8 Å². The minimum atomic E-state index is -0.496. The summed E-state index contributed by atoms with van der Waals surface area (Å²) in [5, 5.41) is 7.54. The molecular weight excluding hydrogens is 266 g/mol. The van der Waals surface area contributed by atoms with Crippen molar-refractivity contribution >= 4 is 5.69 Å². The Kier molecular flexibility index (Phi) is 3.49. The van der Waals surface area contributed by atoms with Gasteiger partial charge in [0.1, 0.15) is 0 Å². The van der Waals surface area contributed by atoms with Gasteiger partial charge >= 0.3 is 0 Å². The first-order valence-corrected chi connectivity index (χ1v) is 7.37. The topological polar surface area (TPSA) is 48.3 Å². The highest BCUT2D eigenvalue weighted by atomic mass is 16.7. The molecule has 3 rings (SSSR count). The summed E-state index contributed by atoms with van der Waals surface area (Å²) in [6.07, 6.45) is 5.52. The summed E-state index contributed by atoms with van der Waals surface area (Å²) in [7, 11) is 1.92. The van der Waals surface area contributed by atoms with E-state index < -0.39 is 5.79 Å². The van der Waals surface area contributed by atoms with E-state index in [4.69, 9.17) is 9.47 Å². The first-order valence-electron chi connectivity index (χ1n) is 7.37. The molecule has 0 spiro atoms. The molecule has 0 saturated carbocycles. The molecule has 0 unspecified atom stereocenters. The van der Waals surface area contributed by atoms with Crippen LogP contribution in [0.25, 0.3) is 0 Å². The first kappa shape index (κ1) is 13.8. The monoisotopic (exact) mass is 287 g/mol. The highest BCUT2D eigenvalue weighted by molar-refractivity contribution is 5.56. The third-order valence-corrected chi connectivity index (χ3v) is 3.87. The van der Waals surface area contributed by atoms with E-state index in [1.807, 2.05) is 37.6 Å². The van der Waals surface area contributed by atoms with E-state index in [-0.39, 0.29) is 0 Å². The summed E-state index contributed by atoms with van der Waals surface area (Å²) in [6, 6.07) is 5.98. The summed E-state index contributed by atoms with van der Waals surface area (Å²) >= 11 is 0. The van der Waals surface area contributed by atoms with Crippen molar-refractivity contribution in [1.29, 1.82) is 0 Å². The number of hydrogen-bond acceptors (Lipinski definition) is 4. The maximum absolute atomic E-state index is 6.01. The van der Waals surface area contributed by atoms with Gasteiger partial charge in [-0.25, -0.2) is 0 Å². The van der Waals surface area contributed by atoms with E-state index in [1.54, 1.807) is 4.68 Å². The van der Waals surface area contributed by atoms with E-state index in [0.29, 0.717) is 0 Å². The molecule has 1 aliphatic heterocycles. The second-order valence-electron chi connectivity index (χ2n) is 5.36. The van der Waals surface area contributed by atoms with E-state index in [1.165, 1.54) is 0 Å². The molecule has 0 bridgehead atoms. The predicted molar refractivity (Wildman–Crippen MR) is 81.5 cm³/mol. The number of aromatic nitrogens is 2. The number of rotatable bonds is 5. The Balaban J connectivity index is 1.70. The van der Waals surface area contributed by atoms with Crippen molar-refractivity contribution in [3.8, 4) is 11.5 Å². The molecule has 0 atom stereocenters. The van der Waals surface area contributed by atoms with Crippen molar-refractivity contribution in [1.82, 2.24) is 9.78 Å². The van der Waals surface area contributed by atoms with Gasteiger partial charge in [-0.15, -0.1) is 0 Å². The van der Waals surface area contributed by atoms with Crippen LogP contribution in [-0.2, 0) is 13.6 Å². The molecule has 1 N–H and O–H groups in total. The van der Waals surface area contributed by atoms with E-state index in [2.05, 4.69) is 24.3 Å². The minimum Gasteiger partial charge on any atom is -0.448 e. The zero-order valence-corrected chi connectivity index (χ0v) is 12.7. The van der Waals surface area contributed by atoms with Crippen molar-refractivity contribution in [2.45, 2.75) is 39.0 Å². The number of fused-ring (bicyclic) bond motifs is 1. The molecule has 112 valence electrons. The number of hydrogen-bond donors (Lipinski definition) is 1. The number of aryl methyl sites for hydroxylation is 1. The van der Waals surface area contributed by atoms with Crippen LogP contribution in [0.15, 0.2) is 30.6 Å². The molecule has 1 aromatic heterocycles. The fraction of sp³-hybridized carbons (Fsp3) is 0.438. The first-order chi connectivity index (χ1) is 10.1. The highest BCUT2D eigenvalue weighted by Gasteiger charge is 2.38. The normalized spacial score (nSPS) is 15.2. The van der Waals surface area contributed by atoms with Gasteiger partial charge in [-0.3, -0.25) is 4.68 Å². The van der Waals surface area contributed by atoms with Crippen LogP contribution in [0, 0.1) is 0 Å². The standard InChI is InChI=1S/C16H21N3O2/c1-4-16(5-2)20-14-7-6-13(8-15(14)21-16)17-9-12-10-18-19(3)11-12/h6-8,10-11,17H,4-5,9H2,1-3H3. The van der Waals surface area contributed by atoms with Crippen LogP contribution in [0.3, 0.4) is 0 Å². The minimum absolute atomic E-state index is 0.496. The third-order valence-electron chi connectivity index (χ3n) is 3.87. The fourth-order valence-electron chi connectivity index (χ4n) is 2.51.